The monoisotopic (exact) mass is 242 g/mol. The minimum Gasteiger partial charge on any atom is -0.358 e. The van der Waals surface area contributed by atoms with Crippen LogP contribution in [0.25, 0.3) is 0 Å². The first-order valence-corrected chi connectivity index (χ1v) is 5.98. The van der Waals surface area contributed by atoms with Gasteiger partial charge in [-0.2, -0.15) is 5.10 Å². The molecule has 2 aromatic rings. The summed E-state index contributed by atoms with van der Waals surface area (Å²) in [7, 11) is 0. The highest BCUT2D eigenvalue weighted by molar-refractivity contribution is 5.41. The number of aryl methyl sites for hydroxylation is 1. The summed E-state index contributed by atoms with van der Waals surface area (Å²) in [5.41, 5.74) is 7.60. The molecule has 1 aromatic heterocycles. The van der Waals surface area contributed by atoms with Crippen molar-refractivity contribution in [3.63, 3.8) is 0 Å². The third-order valence-electron chi connectivity index (χ3n) is 3.02. The van der Waals surface area contributed by atoms with Crippen LogP contribution in [0.3, 0.4) is 0 Å². The molecule has 0 saturated heterocycles. The van der Waals surface area contributed by atoms with Crippen molar-refractivity contribution < 1.29 is 0 Å². The normalized spacial score (nSPS) is 13.9. The molecule has 1 aromatic carbocycles. The number of aromatic nitrogens is 2. The lowest BCUT2D eigenvalue weighted by atomic mass is 9.92. The molecule has 0 aliphatic rings. The molecule has 4 heteroatoms. The van der Waals surface area contributed by atoms with Crippen LogP contribution in [0.4, 0.5) is 5.82 Å². The van der Waals surface area contributed by atoms with E-state index in [0.29, 0.717) is 6.54 Å². The first kappa shape index (κ1) is 12.5. The molecule has 0 saturated carbocycles. The van der Waals surface area contributed by atoms with Gasteiger partial charge in [0.05, 0.1) is 11.2 Å². The zero-order valence-corrected chi connectivity index (χ0v) is 10.7. The van der Waals surface area contributed by atoms with Crippen LogP contribution in [0.5, 0.6) is 0 Å². The second kappa shape index (κ2) is 5.14. The quantitative estimate of drug-likeness (QED) is 0.861. The Hall–Kier alpha value is -1.94. The van der Waals surface area contributed by atoms with Gasteiger partial charge in [-0.25, -0.2) is 0 Å². The van der Waals surface area contributed by atoms with Crippen molar-refractivity contribution in [2.24, 2.45) is 5.73 Å². The number of nitrogens with one attached hydrogen (secondary N) is 1. The zero-order valence-electron chi connectivity index (χ0n) is 10.7. The van der Waals surface area contributed by atoms with Crippen LogP contribution in [-0.2, 0) is 5.54 Å². The van der Waals surface area contributed by atoms with E-state index in [-0.39, 0.29) is 5.54 Å². The van der Waals surface area contributed by atoms with Gasteiger partial charge in [-0.1, -0.05) is 30.3 Å². The van der Waals surface area contributed by atoms with Gasteiger partial charge < -0.3 is 11.1 Å². The Bertz CT molecular complexity index is 495. The molecule has 94 valence electrons. The van der Waals surface area contributed by atoms with Crippen molar-refractivity contribution >= 4 is 5.82 Å². The molecule has 1 unspecified atom stereocenters. The Kier molecular flexibility index (Phi) is 3.58. The van der Waals surface area contributed by atoms with Crippen molar-refractivity contribution in [1.29, 1.82) is 0 Å². The molecule has 2 rings (SSSR count). The Morgan fingerprint density at radius 1 is 1.11 bits per heavy atom. The second-order valence-corrected chi connectivity index (χ2v) is 4.59. The molecule has 0 radical (unpaired) electrons. The SMILES string of the molecule is Cc1ccc(NC(C)(CN)c2ccccc2)nn1. The number of rotatable bonds is 4. The summed E-state index contributed by atoms with van der Waals surface area (Å²) in [6, 6.07) is 14.0. The summed E-state index contributed by atoms with van der Waals surface area (Å²) in [6.45, 7) is 4.45. The summed E-state index contributed by atoms with van der Waals surface area (Å²) >= 11 is 0. The highest BCUT2D eigenvalue weighted by Gasteiger charge is 2.24. The summed E-state index contributed by atoms with van der Waals surface area (Å²) in [4.78, 5) is 0. The molecule has 0 fully saturated rings. The maximum absolute atomic E-state index is 5.91. The molecule has 4 nitrogen and oxygen atoms in total. The summed E-state index contributed by atoms with van der Waals surface area (Å²) in [5.74, 6) is 0.734. The Balaban J connectivity index is 2.26. The number of nitrogens with two attached hydrogens (primary N) is 1. The predicted octanol–water partition coefficient (Wildman–Crippen LogP) is 2.07. The maximum Gasteiger partial charge on any atom is 0.149 e. The molecule has 0 spiro atoms. The molecule has 0 bridgehead atoms. The molecule has 1 heterocycles. The predicted molar refractivity (Wildman–Crippen MR) is 73.2 cm³/mol. The van der Waals surface area contributed by atoms with Gasteiger partial charge in [0.2, 0.25) is 0 Å². The van der Waals surface area contributed by atoms with E-state index in [0.717, 1.165) is 17.1 Å². The fourth-order valence-electron chi connectivity index (χ4n) is 1.80. The van der Waals surface area contributed by atoms with Gasteiger partial charge in [-0.15, -0.1) is 5.10 Å². The van der Waals surface area contributed by atoms with Crippen LogP contribution in [-0.4, -0.2) is 16.7 Å². The van der Waals surface area contributed by atoms with Gasteiger partial charge in [0.1, 0.15) is 5.82 Å². The summed E-state index contributed by atoms with van der Waals surface area (Å²) in [5, 5.41) is 11.5. The van der Waals surface area contributed by atoms with E-state index in [1.54, 1.807) is 0 Å². The smallest absolute Gasteiger partial charge is 0.149 e. The lowest BCUT2D eigenvalue weighted by Gasteiger charge is -2.30. The van der Waals surface area contributed by atoms with Crippen LogP contribution in [0.1, 0.15) is 18.2 Å². The largest absolute Gasteiger partial charge is 0.358 e. The fraction of sp³-hybridized carbons (Fsp3) is 0.286. The molecular formula is C14H18N4. The third kappa shape index (κ3) is 2.65. The van der Waals surface area contributed by atoms with Gasteiger partial charge >= 0.3 is 0 Å². The second-order valence-electron chi connectivity index (χ2n) is 4.59. The number of nitrogens with zero attached hydrogens (tertiary/aromatic N) is 2. The molecule has 0 amide bonds. The molecular weight excluding hydrogens is 224 g/mol. The van der Waals surface area contributed by atoms with Crippen molar-refractivity contribution in [2.75, 3.05) is 11.9 Å². The van der Waals surface area contributed by atoms with E-state index in [4.69, 9.17) is 5.73 Å². The van der Waals surface area contributed by atoms with E-state index in [9.17, 15) is 0 Å². The minimum absolute atomic E-state index is 0.342. The maximum atomic E-state index is 5.91. The van der Waals surface area contributed by atoms with Crippen molar-refractivity contribution in [1.82, 2.24) is 10.2 Å². The molecule has 0 aliphatic heterocycles. The first-order valence-electron chi connectivity index (χ1n) is 5.98. The number of anilines is 1. The molecule has 0 aliphatic carbocycles. The Morgan fingerprint density at radius 2 is 1.83 bits per heavy atom. The van der Waals surface area contributed by atoms with Crippen molar-refractivity contribution in [3.05, 3.63) is 53.7 Å². The zero-order chi connectivity index (χ0) is 13.0. The van der Waals surface area contributed by atoms with E-state index >= 15 is 0 Å². The van der Waals surface area contributed by atoms with E-state index in [2.05, 4.69) is 34.6 Å². The number of hydrogen-bond acceptors (Lipinski definition) is 4. The van der Waals surface area contributed by atoms with Crippen molar-refractivity contribution in [2.45, 2.75) is 19.4 Å². The van der Waals surface area contributed by atoms with Crippen LogP contribution in [0.2, 0.25) is 0 Å². The van der Waals surface area contributed by atoms with E-state index in [1.807, 2.05) is 37.3 Å². The molecule has 18 heavy (non-hydrogen) atoms. The van der Waals surface area contributed by atoms with Crippen LogP contribution >= 0.6 is 0 Å². The van der Waals surface area contributed by atoms with Gasteiger partial charge in [-0.05, 0) is 31.5 Å². The van der Waals surface area contributed by atoms with Crippen LogP contribution in [0.15, 0.2) is 42.5 Å². The van der Waals surface area contributed by atoms with Crippen LogP contribution < -0.4 is 11.1 Å². The Morgan fingerprint density at radius 3 is 2.39 bits per heavy atom. The lowest BCUT2D eigenvalue weighted by molar-refractivity contribution is 0.552. The molecule has 1 atom stereocenters. The van der Waals surface area contributed by atoms with Gasteiger partial charge in [0.25, 0.3) is 0 Å². The van der Waals surface area contributed by atoms with Gasteiger partial charge in [-0.3, -0.25) is 0 Å². The van der Waals surface area contributed by atoms with Crippen LogP contribution in [0, 0.1) is 6.92 Å². The van der Waals surface area contributed by atoms with Crippen molar-refractivity contribution in [3.8, 4) is 0 Å². The third-order valence-corrected chi connectivity index (χ3v) is 3.02. The molecule has 3 N–H and O–H groups in total. The fourth-order valence-corrected chi connectivity index (χ4v) is 1.80. The van der Waals surface area contributed by atoms with E-state index in [1.165, 1.54) is 0 Å². The van der Waals surface area contributed by atoms with E-state index < -0.39 is 0 Å². The average molecular weight is 242 g/mol. The Labute approximate surface area is 107 Å². The topological polar surface area (TPSA) is 63.8 Å². The van der Waals surface area contributed by atoms with Gasteiger partial charge in [0, 0.05) is 6.54 Å². The standard InChI is InChI=1S/C14H18N4/c1-11-8-9-13(18-17-11)16-14(2,10-15)12-6-4-3-5-7-12/h3-9H,10,15H2,1-2H3,(H,16,18). The summed E-state index contributed by atoms with van der Waals surface area (Å²) < 4.78 is 0. The highest BCUT2D eigenvalue weighted by atomic mass is 15.2. The number of benzene rings is 1. The summed E-state index contributed by atoms with van der Waals surface area (Å²) in [6.07, 6.45) is 0. The minimum atomic E-state index is -0.342. The highest BCUT2D eigenvalue weighted by Crippen LogP contribution is 2.23. The van der Waals surface area contributed by atoms with Gasteiger partial charge in [0.15, 0.2) is 0 Å². The first-order chi connectivity index (χ1) is 8.64. The lowest BCUT2D eigenvalue weighted by Crippen LogP contribution is -2.40. The average Bonchev–Trinajstić information content (AvgIpc) is 2.42. The number of hydrogen-bond donors (Lipinski definition) is 2.